The fourth-order valence-corrected chi connectivity index (χ4v) is 6.19. The van der Waals surface area contributed by atoms with Gasteiger partial charge in [0.1, 0.15) is 11.6 Å². The fraction of sp³-hybridized carbons (Fsp3) is 0.394. The van der Waals surface area contributed by atoms with Gasteiger partial charge in [0.25, 0.3) is 5.91 Å². The van der Waals surface area contributed by atoms with Crippen LogP contribution in [-0.2, 0) is 20.7 Å². The number of carbonyl (C=O) groups is 2. The number of nitrogens with one attached hydrogen (secondary N) is 1. The predicted octanol–water partition coefficient (Wildman–Crippen LogP) is 3.52. The summed E-state index contributed by atoms with van der Waals surface area (Å²) in [7, 11) is 0. The lowest BCUT2D eigenvalue weighted by atomic mass is 9.81. The van der Waals surface area contributed by atoms with Crippen molar-refractivity contribution in [2.45, 2.75) is 38.1 Å². The number of H-pyrrole nitrogens is 1. The first-order chi connectivity index (χ1) is 22.4. The molecule has 6 rings (SSSR count). The van der Waals surface area contributed by atoms with Gasteiger partial charge in [0.05, 0.1) is 24.9 Å². The minimum absolute atomic E-state index is 0. The summed E-state index contributed by atoms with van der Waals surface area (Å²) in [5.74, 6) is -0.0218. The zero-order chi connectivity index (χ0) is 32.0. The van der Waals surface area contributed by atoms with E-state index >= 15 is 4.39 Å². The van der Waals surface area contributed by atoms with Gasteiger partial charge >= 0.3 is 0 Å². The molecule has 2 fully saturated rings. The topological polar surface area (TPSA) is 169 Å². The molecular weight excluding hydrogens is 625 g/mol. The molecule has 12 nitrogen and oxygen atoms in total. The summed E-state index contributed by atoms with van der Waals surface area (Å²) in [6, 6.07) is 14.2. The number of hydrogen-bond acceptors (Lipinski definition) is 10. The van der Waals surface area contributed by atoms with Crippen molar-refractivity contribution in [3.63, 3.8) is 0 Å². The summed E-state index contributed by atoms with van der Waals surface area (Å²) >= 11 is 0. The lowest BCUT2D eigenvalue weighted by Crippen LogP contribution is -2.50. The second-order valence-electron chi connectivity index (χ2n) is 11.9. The molecule has 2 aromatic heterocycles. The minimum Gasteiger partial charge on any atom is -0.378 e. The van der Waals surface area contributed by atoms with E-state index in [-0.39, 0.29) is 30.7 Å². The summed E-state index contributed by atoms with van der Waals surface area (Å²) in [4.78, 5) is 35.6. The largest absolute Gasteiger partial charge is 0.378 e. The number of rotatable bonds is 9. The molecule has 1 atom stereocenters. The Balaban J connectivity index is 0.00000433. The van der Waals surface area contributed by atoms with Gasteiger partial charge in [-0.25, -0.2) is 14.3 Å². The number of hydrogen-bond donors (Lipinski definition) is 3. The molecule has 5 N–H and O–H groups in total. The van der Waals surface area contributed by atoms with E-state index in [1.807, 2.05) is 12.1 Å². The van der Waals surface area contributed by atoms with Gasteiger partial charge in [-0.05, 0) is 97.8 Å². The number of benzene rings is 2. The number of morpholine rings is 1. The highest BCUT2D eigenvalue weighted by Gasteiger charge is 2.35. The third-order valence-corrected chi connectivity index (χ3v) is 8.90. The second kappa shape index (κ2) is 15.5. The Bertz CT molecular complexity index is 1630. The van der Waals surface area contributed by atoms with Gasteiger partial charge in [0, 0.05) is 41.9 Å². The molecule has 2 aliphatic rings. The normalized spacial score (nSPS) is 18.7. The predicted molar refractivity (Wildman–Crippen MR) is 178 cm³/mol. The van der Waals surface area contributed by atoms with Gasteiger partial charge in [-0.15, -0.1) is 22.6 Å². The summed E-state index contributed by atoms with van der Waals surface area (Å²) in [5, 5.41) is 14.0. The van der Waals surface area contributed by atoms with Gasteiger partial charge in [0.15, 0.2) is 0 Å². The second-order valence-corrected chi connectivity index (χ2v) is 11.9. The monoisotopic (exact) mass is 663 g/mol. The molecule has 3 heterocycles. The molecule has 0 spiro atoms. The summed E-state index contributed by atoms with van der Waals surface area (Å²) in [5.41, 5.74) is 15.0. The maximum absolute atomic E-state index is 15.4. The van der Waals surface area contributed by atoms with Gasteiger partial charge in [0.2, 0.25) is 11.7 Å². The standard InChI is InChI=1S/C33H38FN9O3.ClH/c34-28-17-22(3-11-27(28)25-8-12-30(37-20-25)42-13-15-46-16-14-42)18-29(36)33(45)43(32(44)24-4-1-21(19-35)2-5-24)26-9-6-23(7-10-26)31-38-40-41-39-31;/h3,6-12,17,20-21,24,29H,1-2,4-5,13-16,18-19,35-36H2,(H,38,39,40,41);1H/t21-,24-,29-;/m0./s1. The molecular formula is C33H39ClFN9O3. The molecule has 2 amide bonds. The molecule has 14 heteroatoms. The maximum Gasteiger partial charge on any atom is 0.251 e. The van der Waals surface area contributed by atoms with Crippen LogP contribution in [0.4, 0.5) is 15.9 Å². The number of pyridine rings is 1. The SMILES string of the molecule is Cl.NC[C@H]1CC[C@H](C(=O)N(C(=O)[C@@H](N)Cc2ccc(-c3ccc(N4CCOCC4)nc3)c(F)c2)c2ccc(-c3nn[nH]n3)cc2)CC1. The van der Waals surface area contributed by atoms with Crippen LogP contribution in [0.15, 0.2) is 60.8 Å². The number of ether oxygens (including phenoxy) is 1. The van der Waals surface area contributed by atoms with Crippen molar-refractivity contribution < 1.29 is 18.7 Å². The number of amides is 2. The Hall–Kier alpha value is -4.30. The molecule has 1 aliphatic heterocycles. The first-order valence-electron chi connectivity index (χ1n) is 15.7. The quantitative estimate of drug-likeness (QED) is 0.241. The number of nitrogens with zero attached hydrogens (tertiary/aromatic N) is 6. The molecule has 1 saturated heterocycles. The molecule has 0 unspecified atom stereocenters. The van der Waals surface area contributed by atoms with Crippen LogP contribution < -0.4 is 21.3 Å². The summed E-state index contributed by atoms with van der Waals surface area (Å²) in [6.07, 6.45) is 4.66. The van der Waals surface area contributed by atoms with Crippen molar-refractivity contribution in [3.8, 4) is 22.5 Å². The number of imide groups is 1. The molecule has 1 saturated carbocycles. The van der Waals surface area contributed by atoms with Crippen molar-refractivity contribution in [1.82, 2.24) is 25.6 Å². The number of nitrogens with two attached hydrogens (primary N) is 2. The van der Waals surface area contributed by atoms with Crippen LogP contribution >= 0.6 is 12.4 Å². The van der Waals surface area contributed by atoms with Crippen LogP contribution in [0.5, 0.6) is 0 Å². The van der Waals surface area contributed by atoms with Crippen LogP contribution in [0.3, 0.4) is 0 Å². The lowest BCUT2D eigenvalue weighted by molar-refractivity contribution is -0.130. The van der Waals surface area contributed by atoms with Gasteiger partial charge in [-0.3, -0.25) is 9.59 Å². The van der Waals surface area contributed by atoms with Crippen LogP contribution in [0, 0.1) is 17.7 Å². The zero-order valence-corrected chi connectivity index (χ0v) is 26.7. The fourth-order valence-electron chi connectivity index (χ4n) is 6.19. The van der Waals surface area contributed by atoms with Crippen molar-refractivity contribution in [3.05, 3.63) is 72.2 Å². The Kier molecular flexibility index (Phi) is 11.2. The number of aromatic amines is 1. The zero-order valence-electron chi connectivity index (χ0n) is 25.9. The van der Waals surface area contributed by atoms with Crippen molar-refractivity contribution >= 4 is 35.7 Å². The van der Waals surface area contributed by atoms with E-state index in [4.69, 9.17) is 16.2 Å². The third kappa shape index (κ3) is 7.82. The highest BCUT2D eigenvalue weighted by molar-refractivity contribution is 6.17. The highest BCUT2D eigenvalue weighted by Crippen LogP contribution is 2.32. The van der Waals surface area contributed by atoms with E-state index < -0.39 is 17.8 Å². The average Bonchev–Trinajstić information content (AvgIpc) is 3.65. The Morgan fingerprint density at radius 2 is 1.74 bits per heavy atom. The number of carbonyl (C=O) groups excluding carboxylic acids is 2. The highest BCUT2D eigenvalue weighted by atomic mass is 35.5. The number of aromatic nitrogens is 5. The van der Waals surface area contributed by atoms with Crippen molar-refractivity contribution in [2.75, 3.05) is 42.6 Å². The average molecular weight is 664 g/mol. The van der Waals surface area contributed by atoms with Gasteiger partial charge in [-0.1, -0.05) is 12.1 Å². The van der Waals surface area contributed by atoms with E-state index in [0.29, 0.717) is 72.3 Å². The van der Waals surface area contributed by atoms with Crippen LogP contribution in [0.1, 0.15) is 31.2 Å². The van der Waals surface area contributed by atoms with Crippen molar-refractivity contribution in [2.24, 2.45) is 23.3 Å². The van der Waals surface area contributed by atoms with E-state index in [1.54, 1.807) is 42.6 Å². The van der Waals surface area contributed by atoms with E-state index in [0.717, 1.165) is 31.7 Å². The third-order valence-electron chi connectivity index (χ3n) is 8.90. The van der Waals surface area contributed by atoms with E-state index in [2.05, 4.69) is 30.5 Å². The lowest BCUT2D eigenvalue weighted by Gasteiger charge is -2.32. The maximum atomic E-state index is 15.4. The molecule has 0 radical (unpaired) electrons. The number of anilines is 2. The smallest absolute Gasteiger partial charge is 0.251 e. The molecule has 2 aromatic carbocycles. The van der Waals surface area contributed by atoms with E-state index in [1.165, 1.54) is 11.0 Å². The van der Waals surface area contributed by atoms with Crippen LogP contribution in [-0.4, -0.2) is 76.3 Å². The minimum atomic E-state index is -1.08. The Morgan fingerprint density at radius 3 is 2.36 bits per heavy atom. The van der Waals surface area contributed by atoms with Crippen LogP contribution in [0.2, 0.25) is 0 Å². The van der Waals surface area contributed by atoms with Gasteiger partial charge in [-0.2, -0.15) is 5.21 Å². The first kappa shape index (κ1) is 34.0. The number of tetrazole rings is 1. The Labute approximate surface area is 278 Å². The molecule has 4 aromatic rings. The summed E-state index contributed by atoms with van der Waals surface area (Å²) in [6.45, 7) is 3.41. The van der Waals surface area contributed by atoms with E-state index in [9.17, 15) is 9.59 Å². The molecule has 47 heavy (non-hydrogen) atoms. The summed E-state index contributed by atoms with van der Waals surface area (Å²) < 4.78 is 20.8. The van der Waals surface area contributed by atoms with Crippen molar-refractivity contribution in [1.29, 1.82) is 0 Å². The molecule has 248 valence electrons. The van der Waals surface area contributed by atoms with Crippen LogP contribution in [0.25, 0.3) is 22.5 Å². The molecule has 1 aliphatic carbocycles. The van der Waals surface area contributed by atoms with Gasteiger partial charge < -0.3 is 21.1 Å². The first-order valence-corrected chi connectivity index (χ1v) is 15.7. The Morgan fingerprint density at radius 1 is 1.02 bits per heavy atom. The number of halogens is 2. The molecule has 0 bridgehead atoms.